The van der Waals surface area contributed by atoms with Crippen LogP contribution in [0.1, 0.15) is 25.8 Å². The van der Waals surface area contributed by atoms with Crippen molar-refractivity contribution in [2.24, 2.45) is 5.92 Å². The number of rotatable bonds is 6. The molecule has 0 spiro atoms. The van der Waals surface area contributed by atoms with Gasteiger partial charge in [0.2, 0.25) is 0 Å². The van der Waals surface area contributed by atoms with Gasteiger partial charge in [0.05, 0.1) is 14.2 Å². The second-order valence-electron chi connectivity index (χ2n) is 4.44. The molecule has 0 aliphatic carbocycles. The van der Waals surface area contributed by atoms with Crippen LogP contribution in [0, 0.1) is 5.92 Å². The van der Waals surface area contributed by atoms with Gasteiger partial charge in [-0.2, -0.15) is 0 Å². The summed E-state index contributed by atoms with van der Waals surface area (Å²) in [6, 6.07) is 5.84. The van der Waals surface area contributed by atoms with Crippen LogP contribution in [0.4, 0.5) is 0 Å². The van der Waals surface area contributed by atoms with Crippen molar-refractivity contribution in [1.29, 1.82) is 0 Å². The Morgan fingerprint density at radius 3 is 2.06 bits per heavy atom. The van der Waals surface area contributed by atoms with Crippen LogP contribution in [0.25, 0.3) is 0 Å². The zero-order valence-electron chi connectivity index (χ0n) is 11.0. The Balaban J connectivity index is 2.81. The molecule has 1 unspecified atom stereocenters. The Hall–Kier alpha value is -0.890. The third kappa shape index (κ3) is 3.81. The summed E-state index contributed by atoms with van der Waals surface area (Å²) in [7, 11) is 3.36. The van der Waals surface area contributed by atoms with Crippen LogP contribution in [0.5, 0.6) is 11.5 Å². The van der Waals surface area contributed by atoms with Gasteiger partial charge in [-0.15, -0.1) is 11.6 Å². The molecule has 1 aromatic carbocycles. The molecular weight excluding hydrogens is 236 g/mol. The van der Waals surface area contributed by atoms with E-state index in [0.29, 0.717) is 5.92 Å². The molecule has 1 aromatic rings. The predicted octanol–water partition coefficient (Wildman–Crippen LogP) is 3.90. The first-order valence-corrected chi connectivity index (χ1v) is 6.37. The van der Waals surface area contributed by atoms with E-state index in [4.69, 9.17) is 21.1 Å². The van der Waals surface area contributed by atoms with Gasteiger partial charge < -0.3 is 9.47 Å². The molecule has 0 aliphatic heterocycles. The average molecular weight is 257 g/mol. The molecule has 0 saturated carbocycles. The number of hydrogen-bond acceptors (Lipinski definition) is 2. The van der Waals surface area contributed by atoms with Crippen molar-refractivity contribution < 1.29 is 9.47 Å². The minimum atomic E-state index is 0.185. The molecule has 0 saturated heterocycles. The van der Waals surface area contributed by atoms with Gasteiger partial charge in [-0.1, -0.05) is 19.9 Å². The van der Waals surface area contributed by atoms with E-state index in [1.54, 1.807) is 14.2 Å². The molecule has 0 amide bonds. The van der Waals surface area contributed by atoms with Crippen molar-refractivity contribution in [2.75, 3.05) is 14.2 Å². The average Bonchev–Trinajstić information content (AvgIpc) is 2.34. The fraction of sp³-hybridized carbons (Fsp3) is 0.571. The third-order valence-electron chi connectivity index (χ3n) is 2.92. The second-order valence-corrected chi connectivity index (χ2v) is 5.00. The lowest BCUT2D eigenvalue weighted by Crippen LogP contribution is -2.09. The molecule has 1 rings (SSSR count). The van der Waals surface area contributed by atoms with Gasteiger partial charge in [0.1, 0.15) is 11.5 Å². The Labute approximate surface area is 109 Å². The maximum absolute atomic E-state index is 6.28. The van der Waals surface area contributed by atoms with Crippen molar-refractivity contribution in [2.45, 2.75) is 32.1 Å². The second kappa shape index (κ2) is 6.75. The van der Waals surface area contributed by atoms with Crippen molar-refractivity contribution in [3.8, 4) is 11.5 Å². The maximum Gasteiger partial charge on any atom is 0.125 e. The molecule has 0 N–H and O–H groups in total. The van der Waals surface area contributed by atoms with Crippen LogP contribution in [0.15, 0.2) is 18.2 Å². The van der Waals surface area contributed by atoms with Gasteiger partial charge in [-0.3, -0.25) is 0 Å². The van der Waals surface area contributed by atoms with Gasteiger partial charge in [0, 0.05) is 10.9 Å². The first-order valence-electron chi connectivity index (χ1n) is 5.94. The summed E-state index contributed by atoms with van der Waals surface area (Å²) in [5, 5.41) is 0.185. The summed E-state index contributed by atoms with van der Waals surface area (Å²) in [4.78, 5) is 0. The molecule has 3 heteroatoms. The molecular formula is C14H21ClO2. The summed E-state index contributed by atoms with van der Waals surface area (Å²) in [6.07, 6.45) is 1.80. The van der Waals surface area contributed by atoms with E-state index in [0.717, 1.165) is 29.9 Å². The van der Waals surface area contributed by atoms with Crippen LogP contribution in [0.2, 0.25) is 0 Å². The summed E-state index contributed by atoms with van der Waals surface area (Å²) < 4.78 is 10.7. The largest absolute Gasteiger partial charge is 0.496 e. The fourth-order valence-corrected chi connectivity index (χ4v) is 1.90. The number of alkyl halides is 1. The smallest absolute Gasteiger partial charge is 0.125 e. The zero-order valence-corrected chi connectivity index (χ0v) is 11.8. The summed E-state index contributed by atoms with van der Waals surface area (Å²) >= 11 is 6.28. The summed E-state index contributed by atoms with van der Waals surface area (Å²) in [6.45, 7) is 4.27. The lowest BCUT2D eigenvalue weighted by Gasteiger charge is -2.16. The topological polar surface area (TPSA) is 18.5 Å². The van der Waals surface area contributed by atoms with Gasteiger partial charge in [-0.05, 0) is 30.9 Å². The zero-order chi connectivity index (χ0) is 12.8. The van der Waals surface area contributed by atoms with Gasteiger partial charge in [0.25, 0.3) is 0 Å². The highest BCUT2D eigenvalue weighted by Gasteiger charge is 2.14. The summed E-state index contributed by atoms with van der Waals surface area (Å²) in [5.41, 5.74) is 1.10. The summed E-state index contributed by atoms with van der Waals surface area (Å²) in [5.74, 6) is 2.23. The number of ether oxygens (including phenoxy) is 2. The lowest BCUT2D eigenvalue weighted by molar-refractivity contribution is 0.383. The molecule has 0 aromatic heterocycles. The molecule has 1 atom stereocenters. The highest BCUT2D eigenvalue weighted by molar-refractivity contribution is 6.20. The number of methoxy groups -OCH3 is 2. The standard InChI is InChI=1S/C14H21ClO2/c1-10(2)12(15)9-8-11-13(16-3)6-5-7-14(11)17-4/h5-7,10,12H,8-9H2,1-4H3. The number of hydrogen-bond donors (Lipinski definition) is 0. The van der Waals surface area contributed by atoms with Crippen LogP contribution < -0.4 is 9.47 Å². The van der Waals surface area contributed by atoms with E-state index in [1.807, 2.05) is 18.2 Å². The molecule has 0 fully saturated rings. The van der Waals surface area contributed by atoms with E-state index in [-0.39, 0.29) is 5.38 Å². The highest BCUT2D eigenvalue weighted by Crippen LogP contribution is 2.30. The van der Waals surface area contributed by atoms with Crippen molar-refractivity contribution in [3.05, 3.63) is 23.8 Å². The molecule has 0 heterocycles. The van der Waals surface area contributed by atoms with Crippen LogP contribution in [-0.4, -0.2) is 19.6 Å². The van der Waals surface area contributed by atoms with E-state index in [9.17, 15) is 0 Å². The highest BCUT2D eigenvalue weighted by atomic mass is 35.5. The first kappa shape index (κ1) is 14.2. The van der Waals surface area contributed by atoms with Crippen LogP contribution in [0.3, 0.4) is 0 Å². The third-order valence-corrected chi connectivity index (χ3v) is 3.65. The number of halogens is 1. The molecule has 17 heavy (non-hydrogen) atoms. The van der Waals surface area contributed by atoms with Crippen molar-refractivity contribution >= 4 is 11.6 Å². The van der Waals surface area contributed by atoms with Gasteiger partial charge >= 0.3 is 0 Å². The normalized spacial score (nSPS) is 12.6. The molecule has 0 aliphatic rings. The van der Waals surface area contributed by atoms with Gasteiger partial charge in [-0.25, -0.2) is 0 Å². The maximum atomic E-state index is 6.28. The lowest BCUT2D eigenvalue weighted by atomic mass is 10.0. The molecule has 2 nitrogen and oxygen atoms in total. The van der Waals surface area contributed by atoms with E-state index in [2.05, 4.69) is 13.8 Å². The Kier molecular flexibility index (Phi) is 5.63. The van der Waals surface area contributed by atoms with E-state index >= 15 is 0 Å². The number of benzene rings is 1. The fourth-order valence-electron chi connectivity index (χ4n) is 1.79. The van der Waals surface area contributed by atoms with E-state index in [1.165, 1.54) is 0 Å². The minimum absolute atomic E-state index is 0.185. The van der Waals surface area contributed by atoms with E-state index < -0.39 is 0 Å². The quantitative estimate of drug-likeness (QED) is 0.719. The Morgan fingerprint density at radius 1 is 1.12 bits per heavy atom. The molecule has 0 radical (unpaired) electrons. The monoisotopic (exact) mass is 256 g/mol. The van der Waals surface area contributed by atoms with Crippen molar-refractivity contribution in [1.82, 2.24) is 0 Å². The SMILES string of the molecule is COc1cccc(OC)c1CCC(Cl)C(C)C. The van der Waals surface area contributed by atoms with Crippen molar-refractivity contribution in [3.63, 3.8) is 0 Å². The van der Waals surface area contributed by atoms with Gasteiger partial charge in [0.15, 0.2) is 0 Å². The van der Waals surface area contributed by atoms with Crippen LogP contribution >= 0.6 is 11.6 Å². The Bertz CT molecular complexity index is 328. The predicted molar refractivity (Wildman–Crippen MR) is 72.3 cm³/mol. The first-order chi connectivity index (χ1) is 8.10. The minimum Gasteiger partial charge on any atom is -0.496 e. The Morgan fingerprint density at radius 2 is 1.65 bits per heavy atom. The molecule has 96 valence electrons. The van der Waals surface area contributed by atoms with Crippen LogP contribution in [-0.2, 0) is 6.42 Å². The molecule has 0 bridgehead atoms.